The lowest BCUT2D eigenvalue weighted by molar-refractivity contribution is -0.137. The zero-order chi connectivity index (χ0) is 17.8. The first-order valence-corrected chi connectivity index (χ1v) is 8.06. The van der Waals surface area contributed by atoms with Crippen LogP contribution in [0.25, 0.3) is 10.9 Å². The third-order valence-electron chi connectivity index (χ3n) is 4.51. The maximum Gasteiger partial charge on any atom is 0.416 e. The van der Waals surface area contributed by atoms with Crippen LogP contribution in [0, 0.1) is 6.92 Å². The number of alkyl halides is 3. The summed E-state index contributed by atoms with van der Waals surface area (Å²) in [5.74, 6) is 0. The van der Waals surface area contributed by atoms with Crippen LogP contribution in [0.1, 0.15) is 35.3 Å². The van der Waals surface area contributed by atoms with E-state index in [0.29, 0.717) is 17.4 Å². The van der Waals surface area contributed by atoms with Crippen LogP contribution in [0.5, 0.6) is 0 Å². The van der Waals surface area contributed by atoms with Gasteiger partial charge in [-0.15, -0.1) is 0 Å². The third-order valence-corrected chi connectivity index (χ3v) is 4.51. The van der Waals surface area contributed by atoms with E-state index in [1.54, 1.807) is 4.68 Å². The molecule has 3 nitrogen and oxygen atoms in total. The number of aliphatic imine (C=N–C) groups is 1. The van der Waals surface area contributed by atoms with E-state index in [-0.39, 0.29) is 6.04 Å². The number of aryl methyl sites for hydroxylation is 1. The maximum atomic E-state index is 13.0. The lowest BCUT2D eigenvalue weighted by Crippen LogP contribution is -2.23. The normalized spacial score (nSPS) is 17.5. The molecule has 2 aromatic carbocycles. The number of nitrogens with zero attached hydrogens (tertiary/aromatic N) is 3. The molecule has 0 saturated heterocycles. The smallest absolute Gasteiger partial charge is 0.280 e. The van der Waals surface area contributed by atoms with Gasteiger partial charge in [-0.1, -0.05) is 29.8 Å². The van der Waals surface area contributed by atoms with Crippen LogP contribution in [-0.4, -0.2) is 22.0 Å². The molecule has 0 N–H and O–H groups in total. The molecule has 6 heteroatoms. The molecule has 3 aromatic rings. The van der Waals surface area contributed by atoms with Gasteiger partial charge in [0.2, 0.25) is 0 Å². The van der Waals surface area contributed by atoms with Crippen LogP contribution in [-0.2, 0) is 6.18 Å². The van der Waals surface area contributed by atoms with E-state index in [2.05, 4.69) is 10.1 Å². The standard InChI is InChI=1S/C19H16F3N3/c1-11-3-5-13(6-4-11)17-18-15-8-7-14(19(20,21)22)9-16(15)24-25(18)12(2)10-23-17/h3-9,12H,10H2,1-2H3. The van der Waals surface area contributed by atoms with Crippen molar-refractivity contribution < 1.29 is 13.2 Å². The average Bonchev–Trinajstić information content (AvgIpc) is 2.95. The molecule has 25 heavy (non-hydrogen) atoms. The Bertz CT molecular complexity index is 982. The van der Waals surface area contributed by atoms with Gasteiger partial charge in [-0.05, 0) is 32.0 Å². The van der Waals surface area contributed by atoms with Gasteiger partial charge in [0.05, 0.1) is 35.1 Å². The first kappa shape index (κ1) is 15.9. The second kappa shape index (κ2) is 5.44. The van der Waals surface area contributed by atoms with Crippen LogP contribution in [0.3, 0.4) is 0 Å². The Labute approximate surface area is 142 Å². The topological polar surface area (TPSA) is 30.2 Å². The largest absolute Gasteiger partial charge is 0.416 e. The predicted octanol–water partition coefficient (Wildman–Crippen LogP) is 4.78. The molecule has 1 unspecified atom stereocenters. The quantitative estimate of drug-likeness (QED) is 0.626. The lowest BCUT2D eigenvalue weighted by Gasteiger charge is -2.21. The monoisotopic (exact) mass is 343 g/mol. The SMILES string of the molecule is Cc1ccc(C2=NCC(C)n3nc4cc(C(F)(F)F)ccc4c32)cc1. The first-order chi connectivity index (χ1) is 11.8. The molecule has 2 heterocycles. The molecule has 4 rings (SSSR count). The van der Waals surface area contributed by atoms with Crippen LogP contribution in [0.4, 0.5) is 13.2 Å². The molecule has 0 bridgehead atoms. The highest BCUT2D eigenvalue weighted by Crippen LogP contribution is 2.34. The number of rotatable bonds is 1. The van der Waals surface area contributed by atoms with E-state index in [4.69, 9.17) is 0 Å². The summed E-state index contributed by atoms with van der Waals surface area (Å²) in [6.45, 7) is 4.53. The molecule has 0 spiro atoms. The molecule has 1 aliphatic rings. The molecule has 1 atom stereocenters. The van der Waals surface area contributed by atoms with Crippen molar-refractivity contribution in [3.8, 4) is 0 Å². The minimum atomic E-state index is -4.38. The molecule has 0 amide bonds. The lowest BCUT2D eigenvalue weighted by atomic mass is 10.0. The third kappa shape index (κ3) is 2.62. The summed E-state index contributed by atoms with van der Waals surface area (Å²) in [6.07, 6.45) is -4.38. The summed E-state index contributed by atoms with van der Waals surface area (Å²) in [5.41, 5.74) is 3.31. The van der Waals surface area contributed by atoms with E-state index in [9.17, 15) is 13.2 Å². The fourth-order valence-electron chi connectivity index (χ4n) is 3.15. The highest BCUT2D eigenvalue weighted by Gasteiger charge is 2.32. The van der Waals surface area contributed by atoms with Crippen molar-refractivity contribution in [2.45, 2.75) is 26.1 Å². The molecule has 1 aromatic heterocycles. The van der Waals surface area contributed by atoms with E-state index in [1.807, 2.05) is 38.1 Å². The summed E-state index contributed by atoms with van der Waals surface area (Å²) in [7, 11) is 0. The number of halogens is 3. The Kier molecular flexibility index (Phi) is 3.45. The zero-order valence-electron chi connectivity index (χ0n) is 13.8. The van der Waals surface area contributed by atoms with Crippen molar-refractivity contribution in [2.75, 3.05) is 6.54 Å². The van der Waals surface area contributed by atoms with Gasteiger partial charge >= 0.3 is 6.18 Å². The van der Waals surface area contributed by atoms with Gasteiger partial charge in [0.25, 0.3) is 0 Å². The molecular weight excluding hydrogens is 327 g/mol. The van der Waals surface area contributed by atoms with Gasteiger partial charge in [-0.3, -0.25) is 9.67 Å². The summed E-state index contributed by atoms with van der Waals surface area (Å²) >= 11 is 0. The first-order valence-electron chi connectivity index (χ1n) is 8.06. The second-order valence-electron chi connectivity index (χ2n) is 6.43. The number of hydrogen-bond donors (Lipinski definition) is 0. The van der Waals surface area contributed by atoms with Gasteiger partial charge in [-0.25, -0.2) is 0 Å². The molecule has 0 fully saturated rings. The minimum Gasteiger partial charge on any atom is -0.280 e. The molecular formula is C19H16F3N3. The zero-order valence-corrected chi connectivity index (χ0v) is 13.8. The van der Waals surface area contributed by atoms with Crippen molar-refractivity contribution in [2.24, 2.45) is 4.99 Å². The van der Waals surface area contributed by atoms with Gasteiger partial charge in [0.15, 0.2) is 0 Å². The van der Waals surface area contributed by atoms with E-state index >= 15 is 0 Å². The Morgan fingerprint density at radius 3 is 2.48 bits per heavy atom. The highest BCUT2D eigenvalue weighted by molar-refractivity contribution is 6.18. The number of fused-ring (bicyclic) bond motifs is 3. The predicted molar refractivity (Wildman–Crippen MR) is 91.1 cm³/mol. The van der Waals surface area contributed by atoms with Gasteiger partial charge < -0.3 is 0 Å². The van der Waals surface area contributed by atoms with Crippen LogP contribution in [0.15, 0.2) is 47.5 Å². The van der Waals surface area contributed by atoms with Crippen LogP contribution >= 0.6 is 0 Å². The Balaban J connectivity index is 1.92. The maximum absolute atomic E-state index is 13.0. The van der Waals surface area contributed by atoms with Crippen molar-refractivity contribution in [3.63, 3.8) is 0 Å². The minimum absolute atomic E-state index is 0.00550. The molecule has 0 radical (unpaired) electrons. The van der Waals surface area contributed by atoms with Gasteiger partial charge in [-0.2, -0.15) is 18.3 Å². The highest BCUT2D eigenvalue weighted by atomic mass is 19.4. The second-order valence-corrected chi connectivity index (χ2v) is 6.43. The fraction of sp³-hybridized carbons (Fsp3) is 0.263. The summed E-state index contributed by atoms with van der Waals surface area (Å²) in [4.78, 5) is 4.68. The van der Waals surface area contributed by atoms with Crippen molar-refractivity contribution in [1.29, 1.82) is 0 Å². The molecule has 0 saturated carbocycles. The summed E-state index contributed by atoms with van der Waals surface area (Å²) < 4.78 is 40.8. The van der Waals surface area contributed by atoms with Crippen molar-refractivity contribution in [3.05, 3.63) is 64.8 Å². The Morgan fingerprint density at radius 2 is 1.80 bits per heavy atom. The number of benzene rings is 2. The molecule has 1 aliphatic heterocycles. The van der Waals surface area contributed by atoms with E-state index < -0.39 is 11.7 Å². The average molecular weight is 343 g/mol. The summed E-state index contributed by atoms with van der Waals surface area (Å²) in [5, 5.41) is 5.13. The fourth-order valence-corrected chi connectivity index (χ4v) is 3.15. The number of aromatic nitrogens is 2. The van der Waals surface area contributed by atoms with Crippen molar-refractivity contribution in [1.82, 2.24) is 9.78 Å². The Morgan fingerprint density at radius 1 is 1.08 bits per heavy atom. The molecule has 128 valence electrons. The van der Waals surface area contributed by atoms with Gasteiger partial charge in [0, 0.05) is 10.9 Å². The van der Waals surface area contributed by atoms with Crippen LogP contribution < -0.4 is 0 Å². The Hall–Kier alpha value is -2.63. The number of hydrogen-bond acceptors (Lipinski definition) is 2. The molecule has 0 aliphatic carbocycles. The van der Waals surface area contributed by atoms with E-state index in [0.717, 1.165) is 34.7 Å². The van der Waals surface area contributed by atoms with Crippen LogP contribution in [0.2, 0.25) is 0 Å². The van der Waals surface area contributed by atoms with Gasteiger partial charge in [0.1, 0.15) is 0 Å². The summed E-state index contributed by atoms with van der Waals surface area (Å²) in [6, 6.07) is 11.7. The van der Waals surface area contributed by atoms with E-state index in [1.165, 1.54) is 6.07 Å². The van der Waals surface area contributed by atoms with Crippen molar-refractivity contribution >= 4 is 16.6 Å².